The topological polar surface area (TPSA) is 92.4 Å². The summed E-state index contributed by atoms with van der Waals surface area (Å²) in [4.78, 5) is 14.0. The minimum Gasteiger partial charge on any atom is -0.481 e. The van der Waals surface area contributed by atoms with Crippen molar-refractivity contribution < 1.29 is 32.5 Å². The number of pyridine rings is 1. The van der Waals surface area contributed by atoms with Crippen LogP contribution < -0.4 is 9.47 Å². The van der Waals surface area contributed by atoms with Crippen LogP contribution in [-0.4, -0.2) is 29.5 Å². The standard InChI is InChI=1S/C9H5F3N2O4/c1-17-5-2-4(3-13)6(8(15)16)7(14-5)18-9(10,11)12/h2H,1H3,(H,15,16). The zero-order valence-electron chi connectivity index (χ0n) is 8.78. The smallest absolute Gasteiger partial charge is 0.481 e. The number of methoxy groups -OCH3 is 1. The van der Waals surface area contributed by atoms with Crippen molar-refractivity contribution in [3.63, 3.8) is 0 Å². The zero-order valence-corrected chi connectivity index (χ0v) is 8.78. The Morgan fingerprint density at radius 1 is 1.56 bits per heavy atom. The maximum atomic E-state index is 12.1. The molecule has 6 nitrogen and oxygen atoms in total. The highest BCUT2D eigenvalue weighted by Gasteiger charge is 2.35. The maximum absolute atomic E-state index is 12.1. The molecule has 0 bridgehead atoms. The fourth-order valence-electron chi connectivity index (χ4n) is 1.08. The SMILES string of the molecule is COc1cc(C#N)c(C(=O)O)c(OC(F)(F)F)n1. The average molecular weight is 262 g/mol. The van der Waals surface area contributed by atoms with Gasteiger partial charge in [-0.2, -0.15) is 10.2 Å². The van der Waals surface area contributed by atoms with Gasteiger partial charge in [0.25, 0.3) is 0 Å². The molecule has 0 atom stereocenters. The molecule has 1 N–H and O–H groups in total. The lowest BCUT2D eigenvalue weighted by Gasteiger charge is -2.12. The molecule has 0 saturated carbocycles. The average Bonchev–Trinajstić information content (AvgIpc) is 2.25. The number of hydrogen-bond acceptors (Lipinski definition) is 5. The van der Waals surface area contributed by atoms with Gasteiger partial charge in [-0.15, -0.1) is 13.2 Å². The lowest BCUT2D eigenvalue weighted by molar-refractivity contribution is -0.276. The van der Waals surface area contributed by atoms with Gasteiger partial charge in [0.2, 0.25) is 11.8 Å². The van der Waals surface area contributed by atoms with Crippen molar-refractivity contribution in [2.75, 3.05) is 7.11 Å². The first-order valence-corrected chi connectivity index (χ1v) is 4.26. The van der Waals surface area contributed by atoms with Gasteiger partial charge in [-0.3, -0.25) is 0 Å². The Bertz CT molecular complexity index is 522. The molecule has 1 aromatic heterocycles. The molecule has 0 unspecified atom stereocenters. The fraction of sp³-hybridized carbons (Fsp3) is 0.222. The summed E-state index contributed by atoms with van der Waals surface area (Å²) < 4.78 is 44.2. The van der Waals surface area contributed by atoms with Crippen LogP contribution in [0, 0.1) is 11.3 Å². The van der Waals surface area contributed by atoms with Crippen LogP contribution in [-0.2, 0) is 0 Å². The third-order valence-electron chi connectivity index (χ3n) is 1.72. The van der Waals surface area contributed by atoms with Crippen LogP contribution in [0.4, 0.5) is 13.2 Å². The number of aromatic carboxylic acids is 1. The molecule has 1 heterocycles. The van der Waals surface area contributed by atoms with Gasteiger partial charge < -0.3 is 14.6 Å². The molecule has 0 spiro atoms. The van der Waals surface area contributed by atoms with E-state index >= 15 is 0 Å². The zero-order chi connectivity index (χ0) is 13.9. The molecule has 0 saturated heterocycles. The number of nitrogens with zero attached hydrogens (tertiary/aromatic N) is 2. The van der Waals surface area contributed by atoms with Crippen LogP contribution in [0.25, 0.3) is 0 Å². The summed E-state index contributed by atoms with van der Waals surface area (Å²) in [6, 6.07) is 2.33. The lowest BCUT2D eigenvalue weighted by atomic mass is 10.1. The molecule has 0 aliphatic rings. The number of carboxylic acid groups (broad SMARTS) is 1. The van der Waals surface area contributed by atoms with Crippen LogP contribution in [0.2, 0.25) is 0 Å². The van der Waals surface area contributed by atoms with Crippen molar-refractivity contribution in [1.82, 2.24) is 4.98 Å². The number of halogens is 3. The Hall–Kier alpha value is -2.50. The van der Waals surface area contributed by atoms with E-state index in [0.717, 1.165) is 13.2 Å². The summed E-state index contributed by atoms with van der Waals surface area (Å²) in [5.41, 5.74) is -1.52. The second kappa shape index (κ2) is 4.79. The van der Waals surface area contributed by atoms with Crippen molar-refractivity contribution in [2.24, 2.45) is 0 Å². The van der Waals surface area contributed by atoms with Crippen LogP contribution >= 0.6 is 0 Å². The van der Waals surface area contributed by atoms with Gasteiger partial charge in [-0.25, -0.2) is 4.79 Å². The van der Waals surface area contributed by atoms with E-state index in [0.29, 0.717) is 0 Å². The van der Waals surface area contributed by atoms with E-state index in [-0.39, 0.29) is 5.88 Å². The number of hydrogen-bond donors (Lipinski definition) is 1. The summed E-state index contributed by atoms with van der Waals surface area (Å²) in [6.45, 7) is 0. The number of rotatable bonds is 3. The number of aromatic nitrogens is 1. The van der Waals surface area contributed by atoms with Gasteiger partial charge in [0.1, 0.15) is 11.6 Å². The summed E-state index contributed by atoms with van der Waals surface area (Å²) in [6.07, 6.45) is -5.13. The Balaban J connectivity index is 3.45. The Morgan fingerprint density at radius 2 is 2.17 bits per heavy atom. The second-order valence-electron chi connectivity index (χ2n) is 2.86. The Morgan fingerprint density at radius 3 is 2.56 bits per heavy atom. The van der Waals surface area contributed by atoms with E-state index < -0.39 is 29.3 Å². The molecule has 9 heteroatoms. The molecular formula is C9H5F3N2O4. The Kier molecular flexibility index (Phi) is 3.61. The minimum atomic E-state index is -5.13. The van der Waals surface area contributed by atoms with Crippen LogP contribution in [0.5, 0.6) is 11.8 Å². The normalized spacial score (nSPS) is 10.6. The lowest BCUT2D eigenvalue weighted by Crippen LogP contribution is -2.20. The number of carboxylic acids is 1. The fourth-order valence-corrected chi connectivity index (χ4v) is 1.08. The summed E-state index contributed by atoms with van der Waals surface area (Å²) in [5, 5.41) is 17.4. The van der Waals surface area contributed by atoms with Crippen LogP contribution in [0.3, 0.4) is 0 Å². The highest BCUT2D eigenvalue weighted by Crippen LogP contribution is 2.29. The third-order valence-corrected chi connectivity index (χ3v) is 1.72. The monoisotopic (exact) mass is 262 g/mol. The van der Waals surface area contributed by atoms with Crippen LogP contribution in [0.15, 0.2) is 6.07 Å². The first-order chi connectivity index (χ1) is 8.28. The first kappa shape index (κ1) is 13.6. The molecule has 1 aromatic rings. The molecule has 0 aliphatic carbocycles. The van der Waals surface area contributed by atoms with E-state index in [4.69, 9.17) is 10.4 Å². The van der Waals surface area contributed by atoms with Crippen molar-refractivity contribution >= 4 is 5.97 Å². The third kappa shape index (κ3) is 3.00. The minimum absolute atomic E-state index is 0.365. The molecule has 0 radical (unpaired) electrons. The highest BCUT2D eigenvalue weighted by atomic mass is 19.4. The predicted molar refractivity (Wildman–Crippen MR) is 49.1 cm³/mol. The first-order valence-electron chi connectivity index (χ1n) is 4.26. The quantitative estimate of drug-likeness (QED) is 0.888. The highest BCUT2D eigenvalue weighted by molar-refractivity contribution is 5.93. The van der Waals surface area contributed by atoms with E-state index in [1.165, 1.54) is 6.07 Å². The van der Waals surface area contributed by atoms with Crippen molar-refractivity contribution in [3.8, 4) is 17.8 Å². The predicted octanol–water partition coefficient (Wildman–Crippen LogP) is 1.56. The molecule has 0 fully saturated rings. The van der Waals surface area contributed by atoms with Gasteiger partial charge in [0.05, 0.1) is 12.7 Å². The molecule has 1 rings (SSSR count). The summed E-state index contributed by atoms with van der Waals surface area (Å²) >= 11 is 0. The van der Waals surface area contributed by atoms with E-state index in [1.807, 2.05) is 0 Å². The Labute approximate surface area is 98.2 Å². The molecule has 0 aliphatic heterocycles. The number of alkyl halides is 3. The van der Waals surface area contributed by atoms with Gasteiger partial charge in [-0.05, 0) is 0 Å². The van der Waals surface area contributed by atoms with E-state index in [2.05, 4.69) is 14.5 Å². The van der Waals surface area contributed by atoms with Crippen molar-refractivity contribution in [3.05, 3.63) is 17.2 Å². The number of carbonyl (C=O) groups is 1. The van der Waals surface area contributed by atoms with Gasteiger partial charge in [0.15, 0.2) is 0 Å². The van der Waals surface area contributed by atoms with Crippen LogP contribution in [0.1, 0.15) is 15.9 Å². The summed E-state index contributed by atoms with van der Waals surface area (Å²) in [5.74, 6) is -3.37. The van der Waals surface area contributed by atoms with Crippen molar-refractivity contribution in [2.45, 2.75) is 6.36 Å². The second-order valence-corrected chi connectivity index (χ2v) is 2.86. The van der Waals surface area contributed by atoms with Crippen molar-refractivity contribution in [1.29, 1.82) is 5.26 Å². The molecule has 0 amide bonds. The molecule has 96 valence electrons. The molecular weight excluding hydrogens is 257 g/mol. The molecule has 0 aromatic carbocycles. The number of nitriles is 1. The summed E-state index contributed by atoms with van der Waals surface area (Å²) in [7, 11) is 1.10. The molecule has 18 heavy (non-hydrogen) atoms. The maximum Gasteiger partial charge on any atom is 0.574 e. The van der Waals surface area contributed by atoms with Gasteiger partial charge in [-0.1, -0.05) is 0 Å². The van der Waals surface area contributed by atoms with Gasteiger partial charge >= 0.3 is 12.3 Å². The van der Waals surface area contributed by atoms with E-state index in [9.17, 15) is 18.0 Å². The number of ether oxygens (including phenoxy) is 2. The van der Waals surface area contributed by atoms with E-state index in [1.54, 1.807) is 0 Å². The largest absolute Gasteiger partial charge is 0.574 e. The van der Waals surface area contributed by atoms with Gasteiger partial charge in [0, 0.05) is 6.07 Å².